The van der Waals surface area contributed by atoms with Crippen molar-refractivity contribution in [3.63, 3.8) is 0 Å². The Morgan fingerprint density at radius 2 is 2.25 bits per heavy atom. The van der Waals surface area contributed by atoms with Crippen molar-refractivity contribution in [1.82, 2.24) is 0 Å². The van der Waals surface area contributed by atoms with Crippen molar-refractivity contribution in [3.8, 4) is 5.75 Å². The van der Waals surface area contributed by atoms with Gasteiger partial charge in [-0.2, -0.15) is 0 Å². The van der Waals surface area contributed by atoms with Gasteiger partial charge in [0, 0.05) is 12.3 Å². The molecule has 3 heterocycles. The third-order valence-corrected chi connectivity index (χ3v) is 5.13. The van der Waals surface area contributed by atoms with E-state index in [1.54, 1.807) is 0 Å². The summed E-state index contributed by atoms with van der Waals surface area (Å²) in [5.74, 6) is 1.40. The van der Waals surface area contributed by atoms with Crippen molar-refractivity contribution >= 4 is 0 Å². The maximum Gasteiger partial charge on any atom is 0.122 e. The van der Waals surface area contributed by atoms with Gasteiger partial charge in [-0.15, -0.1) is 0 Å². The predicted octanol–water partition coefficient (Wildman–Crippen LogP) is 2.48. The Morgan fingerprint density at radius 3 is 3.05 bits per heavy atom. The van der Waals surface area contributed by atoms with Crippen LogP contribution in [0.2, 0.25) is 0 Å². The lowest BCUT2D eigenvalue weighted by Crippen LogP contribution is -2.29. The molecule has 108 valence electrons. The van der Waals surface area contributed by atoms with E-state index in [2.05, 4.69) is 18.2 Å². The Morgan fingerprint density at radius 1 is 1.30 bits per heavy atom. The number of rotatable bonds is 4. The van der Waals surface area contributed by atoms with Gasteiger partial charge in [-0.25, -0.2) is 0 Å². The second kappa shape index (κ2) is 5.05. The zero-order valence-electron chi connectivity index (χ0n) is 11.8. The fraction of sp³-hybridized carbons (Fsp3) is 0.647. The van der Waals surface area contributed by atoms with Crippen LogP contribution < -0.4 is 4.74 Å². The lowest BCUT2D eigenvalue weighted by atomic mass is 9.83. The Kier molecular flexibility index (Phi) is 3.20. The van der Waals surface area contributed by atoms with Crippen LogP contribution in [0.25, 0.3) is 0 Å². The number of fused-ring (bicyclic) bond motifs is 3. The average Bonchev–Trinajstić information content (AvgIpc) is 3.19. The first-order chi connectivity index (χ1) is 9.79. The molecule has 2 fully saturated rings. The minimum Gasteiger partial charge on any atom is -0.493 e. The molecule has 4 unspecified atom stereocenters. The lowest BCUT2D eigenvalue weighted by Gasteiger charge is -2.24. The lowest BCUT2D eigenvalue weighted by molar-refractivity contribution is 0.0391. The van der Waals surface area contributed by atoms with Crippen LogP contribution in [0.4, 0.5) is 0 Å². The third kappa shape index (κ3) is 2.23. The molecule has 1 aromatic carbocycles. The molecule has 0 aliphatic carbocycles. The first-order valence-corrected chi connectivity index (χ1v) is 7.88. The third-order valence-electron chi connectivity index (χ3n) is 5.13. The average molecular weight is 274 g/mol. The molecule has 0 aromatic heterocycles. The Hall–Kier alpha value is -1.06. The highest BCUT2D eigenvalue weighted by Crippen LogP contribution is 2.41. The topological polar surface area (TPSA) is 38.7 Å². The molecule has 3 heteroatoms. The smallest absolute Gasteiger partial charge is 0.122 e. The van der Waals surface area contributed by atoms with Gasteiger partial charge in [-0.3, -0.25) is 0 Å². The molecular weight excluding hydrogens is 252 g/mol. The van der Waals surface area contributed by atoms with E-state index in [4.69, 9.17) is 9.47 Å². The molecule has 0 amide bonds. The molecule has 20 heavy (non-hydrogen) atoms. The molecular formula is C17H22O3. The van der Waals surface area contributed by atoms with Crippen LogP contribution in [0.1, 0.15) is 36.8 Å². The minimum atomic E-state index is -0.213. The molecule has 2 saturated heterocycles. The SMILES string of the molecule is OC(CCc1ccc2c(c1)CCO2)C1CC2CCC1O2. The summed E-state index contributed by atoms with van der Waals surface area (Å²) in [5, 5.41) is 10.4. The van der Waals surface area contributed by atoms with Crippen LogP contribution in [-0.2, 0) is 17.6 Å². The van der Waals surface area contributed by atoms with Gasteiger partial charge in [0.05, 0.1) is 24.9 Å². The van der Waals surface area contributed by atoms with Gasteiger partial charge in [0.25, 0.3) is 0 Å². The van der Waals surface area contributed by atoms with Crippen LogP contribution in [-0.4, -0.2) is 30.0 Å². The molecule has 0 spiro atoms. The van der Waals surface area contributed by atoms with Crippen molar-refractivity contribution < 1.29 is 14.6 Å². The Labute approximate surface area is 119 Å². The zero-order valence-corrected chi connectivity index (χ0v) is 11.8. The van der Waals surface area contributed by atoms with Crippen LogP contribution in [0.3, 0.4) is 0 Å². The quantitative estimate of drug-likeness (QED) is 0.916. The number of aryl methyl sites for hydroxylation is 1. The second-order valence-electron chi connectivity index (χ2n) is 6.42. The number of hydrogen-bond donors (Lipinski definition) is 1. The van der Waals surface area contributed by atoms with Crippen LogP contribution in [0.15, 0.2) is 18.2 Å². The number of hydrogen-bond acceptors (Lipinski definition) is 3. The number of aliphatic hydroxyl groups is 1. The molecule has 3 aliphatic heterocycles. The minimum absolute atomic E-state index is 0.213. The van der Waals surface area contributed by atoms with E-state index in [-0.39, 0.29) is 6.10 Å². The Bertz CT molecular complexity index is 499. The van der Waals surface area contributed by atoms with Crippen molar-refractivity contribution in [2.24, 2.45) is 5.92 Å². The van der Waals surface area contributed by atoms with Crippen LogP contribution in [0.5, 0.6) is 5.75 Å². The fourth-order valence-electron chi connectivity index (χ4n) is 4.01. The predicted molar refractivity (Wildman–Crippen MR) is 76.0 cm³/mol. The zero-order chi connectivity index (χ0) is 13.5. The molecule has 3 nitrogen and oxygen atoms in total. The molecule has 4 atom stereocenters. The number of aliphatic hydroxyl groups excluding tert-OH is 1. The van der Waals surface area contributed by atoms with Crippen molar-refractivity contribution in [2.75, 3.05) is 6.61 Å². The number of benzene rings is 1. The van der Waals surface area contributed by atoms with Gasteiger partial charge in [0.2, 0.25) is 0 Å². The summed E-state index contributed by atoms with van der Waals surface area (Å²) in [4.78, 5) is 0. The summed E-state index contributed by atoms with van der Waals surface area (Å²) in [6.45, 7) is 0.809. The highest BCUT2D eigenvalue weighted by atomic mass is 16.5. The van der Waals surface area contributed by atoms with Crippen molar-refractivity contribution in [2.45, 2.75) is 56.8 Å². The molecule has 1 N–H and O–H groups in total. The van der Waals surface area contributed by atoms with Gasteiger partial charge in [-0.05, 0) is 49.3 Å². The van der Waals surface area contributed by atoms with Gasteiger partial charge < -0.3 is 14.6 Å². The van der Waals surface area contributed by atoms with Gasteiger partial charge >= 0.3 is 0 Å². The van der Waals surface area contributed by atoms with Crippen LogP contribution in [0, 0.1) is 5.92 Å². The number of ether oxygens (including phenoxy) is 2. The van der Waals surface area contributed by atoms with Gasteiger partial charge in [-0.1, -0.05) is 12.1 Å². The van der Waals surface area contributed by atoms with E-state index in [1.807, 2.05) is 0 Å². The van der Waals surface area contributed by atoms with E-state index in [9.17, 15) is 5.11 Å². The summed E-state index contributed by atoms with van der Waals surface area (Å²) in [5.41, 5.74) is 2.64. The monoisotopic (exact) mass is 274 g/mol. The molecule has 0 radical (unpaired) electrons. The fourth-order valence-corrected chi connectivity index (χ4v) is 4.01. The molecule has 0 saturated carbocycles. The van der Waals surface area contributed by atoms with E-state index in [0.717, 1.165) is 44.5 Å². The van der Waals surface area contributed by atoms with Crippen LogP contribution >= 0.6 is 0 Å². The van der Waals surface area contributed by atoms with E-state index in [1.165, 1.54) is 17.5 Å². The Balaban J connectivity index is 1.36. The largest absolute Gasteiger partial charge is 0.493 e. The van der Waals surface area contributed by atoms with E-state index >= 15 is 0 Å². The van der Waals surface area contributed by atoms with Gasteiger partial charge in [0.15, 0.2) is 0 Å². The first kappa shape index (κ1) is 12.7. The summed E-state index contributed by atoms with van der Waals surface area (Å²) >= 11 is 0. The maximum absolute atomic E-state index is 10.4. The van der Waals surface area contributed by atoms with Gasteiger partial charge in [0.1, 0.15) is 5.75 Å². The van der Waals surface area contributed by atoms with Crippen molar-refractivity contribution in [3.05, 3.63) is 29.3 Å². The highest BCUT2D eigenvalue weighted by molar-refractivity contribution is 5.39. The maximum atomic E-state index is 10.4. The summed E-state index contributed by atoms with van der Waals surface area (Å²) in [6.07, 6.45) is 6.74. The standard InChI is InChI=1S/C17H22O3/c18-15(14-10-13-3-6-17(14)20-13)4-1-11-2-5-16-12(9-11)7-8-19-16/h2,5,9,13-15,17-18H,1,3-4,6-8,10H2. The first-order valence-electron chi connectivity index (χ1n) is 7.88. The molecule has 2 bridgehead atoms. The molecule has 3 aliphatic rings. The summed E-state index contributed by atoms with van der Waals surface area (Å²) < 4.78 is 11.4. The molecule has 1 aromatic rings. The second-order valence-corrected chi connectivity index (χ2v) is 6.42. The highest BCUT2D eigenvalue weighted by Gasteiger charge is 2.43. The summed E-state index contributed by atoms with van der Waals surface area (Å²) in [6, 6.07) is 6.45. The van der Waals surface area contributed by atoms with E-state index in [0.29, 0.717) is 18.1 Å². The normalized spacial score (nSPS) is 32.1. The van der Waals surface area contributed by atoms with Crippen molar-refractivity contribution in [1.29, 1.82) is 0 Å². The molecule has 4 rings (SSSR count). The summed E-state index contributed by atoms with van der Waals surface area (Å²) in [7, 11) is 0. The van der Waals surface area contributed by atoms with E-state index < -0.39 is 0 Å².